The van der Waals surface area contributed by atoms with E-state index in [-0.39, 0.29) is 6.03 Å². The number of nitrogens with zero attached hydrogens (tertiary/aromatic N) is 4. The van der Waals surface area contributed by atoms with Crippen molar-refractivity contribution >= 4 is 17.4 Å². The van der Waals surface area contributed by atoms with Gasteiger partial charge in [0.2, 0.25) is 11.7 Å². The molecule has 2 heterocycles. The van der Waals surface area contributed by atoms with Gasteiger partial charge in [0.1, 0.15) is 11.5 Å². The van der Waals surface area contributed by atoms with Crippen molar-refractivity contribution in [2.75, 3.05) is 50.6 Å². The number of nitrogens with one attached hydrogen (secondary N) is 1. The minimum absolute atomic E-state index is 0.157. The van der Waals surface area contributed by atoms with Crippen LogP contribution in [0.2, 0.25) is 0 Å². The summed E-state index contributed by atoms with van der Waals surface area (Å²) in [6.45, 7) is 4.69. The van der Waals surface area contributed by atoms with Crippen LogP contribution in [-0.4, -0.2) is 61.5 Å². The van der Waals surface area contributed by atoms with Gasteiger partial charge in [0.15, 0.2) is 0 Å². The van der Waals surface area contributed by atoms with Gasteiger partial charge >= 0.3 is 6.03 Å². The Bertz CT molecular complexity index is 1060. The number of carbonyl (C=O) groups is 1. The maximum atomic E-state index is 12.8. The van der Waals surface area contributed by atoms with Crippen molar-refractivity contribution in [1.29, 1.82) is 0 Å². The summed E-state index contributed by atoms with van der Waals surface area (Å²) in [6.07, 6.45) is 0.716. The standard InChI is InChI=1S/C23H27N5O4/c1-4-21-25-22(26-32-21)16-5-7-17(8-6-16)27-11-13-28(14-12-27)23(29)24-19-15-18(30-2)9-10-20(19)31-3/h5-10,15H,4,11-14H2,1-3H3,(H,24,29). The molecule has 0 aliphatic carbocycles. The van der Waals surface area contributed by atoms with Crippen molar-refractivity contribution in [2.45, 2.75) is 13.3 Å². The molecular formula is C23H27N5O4. The maximum absolute atomic E-state index is 12.8. The van der Waals surface area contributed by atoms with Crippen LogP contribution in [0.15, 0.2) is 47.0 Å². The number of aromatic nitrogens is 2. The van der Waals surface area contributed by atoms with Crippen molar-refractivity contribution in [1.82, 2.24) is 15.0 Å². The van der Waals surface area contributed by atoms with E-state index in [2.05, 4.69) is 20.4 Å². The zero-order chi connectivity index (χ0) is 22.5. The van der Waals surface area contributed by atoms with E-state index >= 15 is 0 Å². The lowest BCUT2D eigenvalue weighted by molar-refractivity contribution is 0.208. The average Bonchev–Trinajstić information content (AvgIpc) is 3.33. The van der Waals surface area contributed by atoms with E-state index < -0.39 is 0 Å². The topological polar surface area (TPSA) is 93.0 Å². The predicted octanol–water partition coefficient (Wildman–Crippen LogP) is 3.67. The van der Waals surface area contributed by atoms with Gasteiger partial charge in [-0.2, -0.15) is 4.98 Å². The molecule has 32 heavy (non-hydrogen) atoms. The molecule has 0 atom stereocenters. The van der Waals surface area contributed by atoms with Crippen LogP contribution in [0.3, 0.4) is 0 Å². The molecule has 9 heteroatoms. The second-order valence-electron chi connectivity index (χ2n) is 7.38. The first-order valence-corrected chi connectivity index (χ1v) is 10.6. The highest BCUT2D eigenvalue weighted by Crippen LogP contribution is 2.29. The van der Waals surface area contributed by atoms with Crippen molar-refractivity contribution in [3.05, 3.63) is 48.4 Å². The van der Waals surface area contributed by atoms with Crippen molar-refractivity contribution in [3.63, 3.8) is 0 Å². The number of hydrogen-bond acceptors (Lipinski definition) is 7. The number of ether oxygens (including phenoxy) is 2. The number of piperazine rings is 1. The summed E-state index contributed by atoms with van der Waals surface area (Å²) in [4.78, 5) is 21.2. The number of carbonyl (C=O) groups excluding carboxylic acids is 1. The summed E-state index contributed by atoms with van der Waals surface area (Å²) in [5, 5.41) is 6.95. The average molecular weight is 438 g/mol. The summed E-state index contributed by atoms with van der Waals surface area (Å²) in [6, 6.07) is 13.2. The molecule has 0 unspecified atom stereocenters. The third-order valence-electron chi connectivity index (χ3n) is 5.48. The molecule has 0 bridgehead atoms. The Morgan fingerprint density at radius 1 is 1.06 bits per heavy atom. The van der Waals surface area contributed by atoms with Crippen LogP contribution >= 0.6 is 0 Å². The molecule has 9 nitrogen and oxygen atoms in total. The molecule has 1 N–H and O–H groups in total. The van der Waals surface area contributed by atoms with Gasteiger partial charge in [-0.05, 0) is 36.4 Å². The first-order valence-electron chi connectivity index (χ1n) is 10.6. The van der Waals surface area contributed by atoms with Crippen LogP contribution < -0.4 is 19.7 Å². The highest BCUT2D eigenvalue weighted by molar-refractivity contribution is 5.91. The Balaban J connectivity index is 1.35. The fraction of sp³-hybridized carbons (Fsp3) is 0.348. The lowest BCUT2D eigenvalue weighted by atomic mass is 10.1. The SMILES string of the molecule is CCc1nc(-c2ccc(N3CCN(C(=O)Nc4cc(OC)ccc4OC)CC3)cc2)no1. The number of methoxy groups -OCH3 is 2. The minimum atomic E-state index is -0.157. The van der Waals surface area contributed by atoms with E-state index in [1.807, 2.05) is 31.2 Å². The van der Waals surface area contributed by atoms with E-state index in [9.17, 15) is 4.79 Å². The predicted molar refractivity (Wildman–Crippen MR) is 121 cm³/mol. The van der Waals surface area contributed by atoms with Gasteiger partial charge in [0.25, 0.3) is 0 Å². The molecule has 0 radical (unpaired) electrons. The second kappa shape index (κ2) is 9.59. The largest absolute Gasteiger partial charge is 0.497 e. The fourth-order valence-corrected chi connectivity index (χ4v) is 3.61. The van der Waals surface area contributed by atoms with E-state index in [4.69, 9.17) is 14.0 Å². The van der Waals surface area contributed by atoms with Crippen LogP contribution in [0, 0.1) is 0 Å². The van der Waals surface area contributed by atoms with Crippen LogP contribution in [0.4, 0.5) is 16.2 Å². The zero-order valence-corrected chi connectivity index (χ0v) is 18.5. The first kappa shape index (κ1) is 21.5. The first-order chi connectivity index (χ1) is 15.6. The number of amides is 2. The van der Waals surface area contributed by atoms with Gasteiger partial charge in [-0.1, -0.05) is 12.1 Å². The molecule has 0 spiro atoms. The number of hydrogen-bond donors (Lipinski definition) is 1. The molecule has 1 aromatic heterocycles. The molecular weight excluding hydrogens is 410 g/mol. The normalized spacial score (nSPS) is 13.7. The second-order valence-corrected chi connectivity index (χ2v) is 7.38. The summed E-state index contributed by atoms with van der Waals surface area (Å²) < 4.78 is 15.8. The number of anilines is 2. The molecule has 0 saturated carbocycles. The molecule has 1 fully saturated rings. The number of urea groups is 1. The molecule has 1 saturated heterocycles. The Labute approximate surface area is 186 Å². The van der Waals surface area contributed by atoms with Crippen LogP contribution in [0.5, 0.6) is 11.5 Å². The summed E-state index contributed by atoms with van der Waals surface area (Å²) >= 11 is 0. The molecule has 4 rings (SSSR count). The van der Waals surface area contributed by atoms with Gasteiger partial charge in [0, 0.05) is 49.9 Å². The number of benzene rings is 2. The maximum Gasteiger partial charge on any atom is 0.322 e. The lowest BCUT2D eigenvalue weighted by Gasteiger charge is -2.36. The molecule has 168 valence electrons. The highest BCUT2D eigenvalue weighted by Gasteiger charge is 2.22. The number of aryl methyl sites for hydroxylation is 1. The van der Waals surface area contributed by atoms with Gasteiger partial charge in [0.05, 0.1) is 19.9 Å². The quantitative estimate of drug-likeness (QED) is 0.629. The third kappa shape index (κ3) is 4.61. The van der Waals surface area contributed by atoms with Gasteiger partial charge in [-0.3, -0.25) is 0 Å². The molecule has 1 aliphatic rings. The van der Waals surface area contributed by atoms with E-state index in [1.54, 1.807) is 37.3 Å². The highest BCUT2D eigenvalue weighted by atomic mass is 16.5. The monoisotopic (exact) mass is 437 g/mol. The van der Waals surface area contributed by atoms with Crippen LogP contribution in [-0.2, 0) is 6.42 Å². The molecule has 3 aromatic rings. The molecule has 2 aromatic carbocycles. The molecule has 1 aliphatic heterocycles. The smallest absolute Gasteiger partial charge is 0.322 e. The Kier molecular flexibility index (Phi) is 6.44. The van der Waals surface area contributed by atoms with Crippen molar-refractivity contribution in [2.24, 2.45) is 0 Å². The Hall–Kier alpha value is -3.75. The van der Waals surface area contributed by atoms with Gasteiger partial charge in [-0.25, -0.2) is 4.79 Å². The minimum Gasteiger partial charge on any atom is -0.497 e. The summed E-state index contributed by atoms with van der Waals surface area (Å²) in [5.41, 5.74) is 2.60. The Morgan fingerprint density at radius 3 is 2.44 bits per heavy atom. The van der Waals surface area contributed by atoms with Gasteiger partial charge in [-0.15, -0.1) is 0 Å². The van der Waals surface area contributed by atoms with E-state index in [0.717, 1.165) is 24.3 Å². The fourth-order valence-electron chi connectivity index (χ4n) is 3.61. The zero-order valence-electron chi connectivity index (χ0n) is 18.5. The summed E-state index contributed by atoms with van der Waals surface area (Å²) in [5.74, 6) is 2.47. The van der Waals surface area contributed by atoms with Crippen LogP contribution in [0.25, 0.3) is 11.4 Å². The Morgan fingerprint density at radius 2 is 1.81 bits per heavy atom. The van der Waals surface area contributed by atoms with Gasteiger partial charge < -0.3 is 29.1 Å². The van der Waals surface area contributed by atoms with Crippen molar-refractivity contribution < 1.29 is 18.8 Å². The summed E-state index contributed by atoms with van der Waals surface area (Å²) in [7, 11) is 3.16. The number of rotatable bonds is 6. The van der Waals surface area contributed by atoms with Crippen molar-refractivity contribution in [3.8, 4) is 22.9 Å². The van der Waals surface area contributed by atoms with E-state index in [0.29, 0.717) is 48.4 Å². The third-order valence-corrected chi connectivity index (χ3v) is 5.48. The van der Waals surface area contributed by atoms with E-state index in [1.165, 1.54) is 0 Å². The lowest BCUT2D eigenvalue weighted by Crippen LogP contribution is -2.50. The molecule has 2 amide bonds. The van der Waals surface area contributed by atoms with Crippen LogP contribution in [0.1, 0.15) is 12.8 Å².